The van der Waals surface area contributed by atoms with Crippen LogP contribution < -0.4 is 0 Å². The Labute approximate surface area is 152 Å². The van der Waals surface area contributed by atoms with Crippen LogP contribution in [0.15, 0.2) is 33.6 Å². The first-order valence-electron chi connectivity index (χ1n) is 8.46. The van der Waals surface area contributed by atoms with Crippen molar-refractivity contribution in [1.82, 2.24) is 9.21 Å². The van der Waals surface area contributed by atoms with Crippen LogP contribution >= 0.6 is 15.9 Å². The third-order valence-electron chi connectivity index (χ3n) is 5.02. The molecule has 0 N–H and O–H groups in total. The minimum atomic E-state index is -3.54. The molecule has 1 amide bonds. The van der Waals surface area contributed by atoms with Gasteiger partial charge in [0.2, 0.25) is 15.9 Å². The average molecular weight is 415 g/mol. The normalized spacial score (nSPS) is 25.8. The molecule has 2 aliphatic rings. The first-order chi connectivity index (χ1) is 11.4. The first-order valence-corrected chi connectivity index (χ1v) is 10.7. The number of hydrogen-bond donors (Lipinski definition) is 0. The zero-order valence-electron chi connectivity index (χ0n) is 13.8. The maximum absolute atomic E-state index is 12.8. The highest BCUT2D eigenvalue weighted by atomic mass is 79.9. The van der Waals surface area contributed by atoms with E-state index in [0.29, 0.717) is 13.0 Å². The van der Waals surface area contributed by atoms with E-state index >= 15 is 0 Å². The summed E-state index contributed by atoms with van der Waals surface area (Å²) in [6, 6.07) is 6.99. The van der Waals surface area contributed by atoms with Crippen molar-refractivity contribution in [2.24, 2.45) is 5.92 Å². The molecule has 0 radical (unpaired) electrons. The second-order valence-electron chi connectivity index (χ2n) is 6.68. The number of sulfonamides is 1. The molecular formula is C17H23BrN2O3S. The summed E-state index contributed by atoms with van der Waals surface area (Å²) < 4.78 is 27.7. The summed E-state index contributed by atoms with van der Waals surface area (Å²) in [5.41, 5.74) is 0. The summed E-state index contributed by atoms with van der Waals surface area (Å²) >= 11 is 3.31. The van der Waals surface area contributed by atoms with Crippen molar-refractivity contribution < 1.29 is 13.2 Å². The summed E-state index contributed by atoms with van der Waals surface area (Å²) in [5, 5.41) is 0. The zero-order valence-corrected chi connectivity index (χ0v) is 16.2. The Hall–Kier alpha value is -0.920. The van der Waals surface area contributed by atoms with Gasteiger partial charge in [-0.2, -0.15) is 4.31 Å². The quantitative estimate of drug-likeness (QED) is 0.763. The number of rotatable bonds is 3. The lowest BCUT2D eigenvalue weighted by molar-refractivity contribution is -0.138. The van der Waals surface area contributed by atoms with Crippen molar-refractivity contribution in [3.05, 3.63) is 28.7 Å². The van der Waals surface area contributed by atoms with Gasteiger partial charge in [0.25, 0.3) is 0 Å². The Morgan fingerprint density at radius 2 is 2.00 bits per heavy atom. The molecule has 0 saturated carbocycles. The molecule has 7 heteroatoms. The smallest absolute Gasteiger partial charge is 0.243 e. The van der Waals surface area contributed by atoms with Crippen molar-refractivity contribution in [3.8, 4) is 0 Å². The van der Waals surface area contributed by atoms with Gasteiger partial charge in [0, 0.05) is 30.1 Å². The molecule has 2 heterocycles. The van der Waals surface area contributed by atoms with Crippen LogP contribution in [0.5, 0.6) is 0 Å². The van der Waals surface area contributed by atoms with Crippen molar-refractivity contribution in [2.75, 3.05) is 19.6 Å². The van der Waals surface area contributed by atoms with Gasteiger partial charge in [-0.25, -0.2) is 8.42 Å². The average Bonchev–Trinajstić information content (AvgIpc) is 3.05. The summed E-state index contributed by atoms with van der Waals surface area (Å²) in [6.45, 7) is 3.58. The standard InChI is InChI=1S/C17H23BrN2O3S/c1-13-5-2-3-9-20(13)17(21)14-8-10-19(12-14)24(22,23)16-7-4-6-15(18)11-16/h4,6-7,11,13-14H,2-3,5,8-10,12H2,1H3. The van der Waals surface area contributed by atoms with Gasteiger partial charge in [-0.05, 0) is 50.8 Å². The van der Waals surface area contributed by atoms with E-state index in [2.05, 4.69) is 22.9 Å². The predicted molar refractivity (Wildman–Crippen MR) is 96.0 cm³/mol. The van der Waals surface area contributed by atoms with Gasteiger partial charge >= 0.3 is 0 Å². The monoisotopic (exact) mass is 414 g/mol. The Bertz CT molecular complexity index is 722. The molecule has 0 aliphatic carbocycles. The SMILES string of the molecule is CC1CCCCN1C(=O)C1CCN(S(=O)(=O)c2cccc(Br)c2)C1. The number of piperidine rings is 1. The molecule has 132 valence electrons. The number of hydrogen-bond acceptors (Lipinski definition) is 3. The zero-order chi connectivity index (χ0) is 17.3. The molecule has 1 aromatic rings. The predicted octanol–water partition coefficient (Wildman–Crippen LogP) is 2.86. The van der Waals surface area contributed by atoms with Crippen molar-refractivity contribution in [2.45, 2.75) is 43.5 Å². The fourth-order valence-corrected chi connectivity index (χ4v) is 5.68. The molecule has 2 fully saturated rings. The minimum Gasteiger partial charge on any atom is -0.340 e. The van der Waals surface area contributed by atoms with Crippen LogP contribution in [0.2, 0.25) is 0 Å². The number of likely N-dealkylation sites (tertiary alicyclic amines) is 1. The van der Waals surface area contributed by atoms with Crippen molar-refractivity contribution >= 4 is 31.9 Å². The summed E-state index contributed by atoms with van der Waals surface area (Å²) in [5.74, 6) is -0.0957. The van der Waals surface area contributed by atoms with Crippen LogP contribution in [0.1, 0.15) is 32.6 Å². The molecule has 2 atom stereocenters. The number of amides is 1. The van der Waals surface area contributed by atoms with Gasteiger partial charge in [-0.15, -0.1) is 0 Å². The Balaban J connectivity index is 1.71. The van der Waals surface area contributed by atoms with E-state index in [1.54, 1.807) is 24.3 Å². The molecule has 0 bridgehead atoms. The molecule has 0 aromatic heterocycles. The van der Waals surface area contributed by atoms with E-state index in [1.165, 1.54) is 10.7 Å². The third kappa shape index (κ3) is 3.53. The van der Waals surface area contributed by atoms with Gasteiger partial charge in [0.1, 0.15) is 0 Å². The molecule has 0 spiro atoms. The maximum Gasteiger partial charge on any atom is 0.243 e. The number of halogens is 1. The molecule has 5 nitrogen and oxygen atoms in total. The van der Waals surface area contributed by atoms with Gasteiger partial charge in [0.05, 0.1) is 10.8 Å². The van der Waals surface area contributed by atoms with E-state index < -0.39 is 10.0 Å². The molecule has 2 saturated heterocycles. The van der Waals surface area contributed by atoms with E-state index in [4.69, 9.17) is 0 Å². The highest BCUT2D eigenvalue weighted by Crippen LogP contribution is 2.28. The fraction of sp³-hybridized carbons (Fsp3) is 0.588. The van der Waals surface area contributed by atoms with Crippen LogP contribution in [0.4, 0.5) is 0 Å². The number of carbonyl (C=O) groups is 1. The molecule has 3 rings (SSSR count). The Morgan fingerprint density at radius 3 is 2.71 bits per heavy atom. The Kier molecular flexibility index (Phi) is 5.32. The second-order valence-corrected chi connectivity index (χ2v) is 9.54. The van der Waals surface area contributed by atoms with Crippen LogP contribution in [-0.4, -0.2) is 49.2 Å². The van der Waals surface area contributed by atoms with Crippen molar-refractivity contribution in [3.63, 3.8) is 0 Å². The summed E-state index contributed by atoms with van der Waals surface area (Å²) in [4.78, 5) is 15.0. The highest BCUT2D eigenvalue weighted by Gasteiger charge is 2.38. The van der Waals surface area contributed by atoms with Gasteiger partial charge < -0.3 is 4.90 Å². The van der Waals surface area contributed by atoms with E-state index in [9.17, 15) is 13.2 Å². The lowest BCUT2D eigenvalue weighted by Gasteiger charge is -2.35. The molecule has 24 heavy (non-hydrogen) atoms. The first kappa shape index (κ1) is 17.9. The van der Waals surface area contributed by atoms with Gasteiger partial charge in [0.15, 0.2) is 0 Å². The Morgan fingerprint density at radius 1 is 1.21 bits per heavy atom. The number of carbonyl (C=O) groups excluding carboxylic acids is 1. The lowest BCUT2D eigenvalue weighted by Crippen LogP contribution is -2.45. The minimum absolute atomic E-state index is 0.120. The van der Waals surface area contributed by atoms with E-state index in [-0.39, 0.29) is 29.3 Å². The van der Waals surface area contributed by atoms with E-state index in [1.807, 2.05) is 4.90 Å². The molecule has 1 aromatic carbocycles. The number of benzene rings is 1. The third-order valence-corrected chi connectivity index (χ3v) is 7.37. The maximum atomic E-state index is 12.8. The van der Waals surface area contributed by atoms with Crippen LogP contribution in [0.3, 0.4) is 0 Å². The van der Waals surface area contributed by atoms with Gasteiger partial charge in [-0.3, -0.25) is 4.79 Å². The summed E-state index contributed by atoms with van der Waals surface area (Å²) in [6.07, 6.45) is 3.86. The number of nitrogens with zero attached hydrogens (tertiary/aromatic N) is 2. The second kappa shape index (κ2) is 7.14. The van der Waals surface area contributed by atoms with E-state index in [0.717, 1.165) is 23.9 Å². The molecule has 2 unspecified atom stereocenters. The largest absolute Gasteiger partial charge is 0.340 e. The van der Waals surface area contributed by atoms with Gasteiger partial charge in [-0.1, -0.05) is 22.0 Å². The van der Waals surface area contributed by atoms with Crippen LogP contribution in [-0.2, 0) is 14.8 Å². The van der Waals surface area contributed by atoms with Crippen LogP contribution in [0.25, 0.3) is 0 Å². The van der Waals surface area contributed by atoms with Crippen LogP contribution in [0, 0.1) is 5.92 Å². The summed E-state index contributed by atoms with van der Waals surface area (Å²) in [7, 11) is -3.54. The van der Waals surface area contributed by atoms with Crippen molar-refractivity contribution in [1.29, 1.82) is 0 Å². The molecular weight excluding hydrogens is 392 g/mol. The molecule has 2 aliphatic heterocycles. The fourth-order valence-electron chi connectivity index (χ4n) is 3.58. The highest BCUT2D eigenvalue weighted by molar-refractivity contribution is 9.10. The lowest BCUT2D eigenvalue weighted by atomic mass is 10.00. The topological polar surface area (TPSA) is 57.7 Å².